The molecule has 2 saturated heterocycles. The normalized spacial score (nSPS) is 25.2. The second-order valence-corrected chi connectivity index (χ2v) is 6.03. The molecule has 0 spiro atoms. The summed E-state index contributed by atoms with van der Waals surface area (Å²) in [5.41, 5.74) is 0. The first-order chi connectivity index (χ1) is 10.3. The van der Waals surface area contributed by atoms with Crippen LogP contribution in [0.25, 0.3) is 0 Å². The van der Waals surface area contributed by atoms with Gasteiger partial charge in [-0.25, -0.2) is 0 Å². The summed E-state index contributed by atoms with van der Waals surface area (Å²) in [5.74, 6) is 0.340. The molecule has 0 saturated carbocycles. The van der Waals surface area contributed by atoms with Crippen LogP contribution in [0.3, 0.4) is 0 Å². The van der Waals surface area contributed by atoms with E-state index >= 15 is 0 Å². The van der Waals surface area contributed by atoms with Crippen LogP contribution >= 0.6 is 0 Å². The fraction of sp³-hybridized carbons (Fsp3) is 0.938. The SMILES string of the molecule is CCN1CCCC[C@H]1C(=O)N1CCC(OCCOC)CC1. The summed E-state index contributed by atoms with van der Waals surface area (Å²) in [7, 11) is 1.69. The lowest BCUT2D eigenvalue weighted by molar-refractivity contribution is -0.141. The second kappa shape index (κ2) is 8.71. The van der Waals surface area contributed by atoms with Crippen LogP contribution in [0.4, 0.5) is 0 Å². The average Bonchev–Trinajstić information content (AvgIpc) is 2.55. The zero-order valence-corrected chi connectivity index (χ0v) is 13.6. The van der Waals surface area contributed by atoms with Crippen LogP contribution in [0.1, 0.15) is 39.0 Å². The third kappa shape index (κ3) is 4.66. The fourth-order valence-corrected chi connectivity index (χ4v) is 3.40. The molecule has 1 amide bonds. The van der Waals surface area contributed by atoms with Crippen LogP contribution in [0.15, 0.2) is 0 Å². The highest BCUT2D eigenvalue weighted by atomic mass is 16.5. The smallest absolute Gasteiger partial charge is 0.239 e. The molecule has 2 fully saturated rings. The quantitative estimate of drug-likeness (QED) is 0.697. The molecule has 0 unspecified atom stereocenters. The lowest BCUT2D eigenvalue weighted by Gasteiger charge is -2.39. The van der Waals surface area contributed by atoms with Crippen molar-refractivity contribution in [2.24, 2.45) is 0 Å². The van der Waals surface area contributed by atoms with E-state index in [1.165, 1.54) is 12.8 Å². The van der Waals surface area contributed by atoms with Crippen molar-refractivity contribution in [3.05, 3.63) is 0 Å². The van der Waals surface area contributed by atoms with E-state index in [1.54, 1.807) is 7.11 Å². The number of methoxy groups -OCH3 is 1. The molecule has 2 aliphatic rings. The van der Waals surface area contributed by atoms with Crippen molar-refractivity contribution in [3.63, 3.8) is 0 Å². The zero-order chi connectivity index (χ0) is 15.1. The Kier molecular flexibility index (Phi) is 6.93. The largest absolute Gasteiger partial charge is 0.382 e. The summed E-state index contributed by atoms with van der Waals surface area (Å²) in [6.07, 6.45) is 5.63. The predicted molar refractivity (Wildman–Crippen MR) is 82.3 cm³/mol. The number of rotatable bonds is 6. The standard InChI is InChI=1S/C16H30N2O3/c1-3-17-9-5-4-6-15(17)16(19)18-10-7-14(8-11-18)21-13-12-20-2/h14-15H,3-13H2,1-2H3/t15-/m0/s1. The van der Waals surface area contributed by atoms with E-state index in [0.29, 0.717) is 19.1 Å². The van der Waals surface area contributed by atoms with Gasteiger partial charge in [-0.3, -0.25) is 9.69 Å². The van der Waals surface area contributed by atoms with Gasteiger partial charge < -0.3 is 14.4 Å². The molecule has 0 N–H and O–H groups in total. The zero-order valence-electron chi connectivity index (χ0n) is 13.6. The molecule has 0 bridgehead atoms. The first-order valence-corrected chi connectivity index (χ1v) is 8.39. The minimum Gasteiger partial charge on any atom is -0.382 e. The molecule has 2 aliphatic heterocycles. The second-order valence-electron chi connectivity index (χ2n) is 6.03. The van der Waals surface area contributed by atoms with Crippen molar-refractivity contribution in [2.45, 2.75) is 51.2 Å². The van der Waals surface area contributed by atoms with Crippen molar-refractivity contribution in [3.8, 4) is 0 Å². The molecule has 5 heteroatoms. The number of likely N-dealkylation sites (tertiary alicyclic amines) is 2. The molecule has 21 heavy (non-hydrogen) atoms. The molecule has 0 aromatic carbocycles. The summed E-state index contributed by atoms with van der Waals surface area (Å²) < 4.78 is 10.8. The molecule has 0 aromatic rings. The lowest BCUT2D eigenvalue weighted by atomic mass is 9.99. The number of piperidine rings is 2. The van der Waals surface area contributed by atoms with Crippen molar-refractivity contribution >= 4 is 5.91 Å². The molecular formula is C16H30N2O3. The highest BCUT2D eigenvalue weighted by molar-refractivity contribution is 5.82. The first-order valence-electron chi connectivity index (χ1n) is 8.39. The summed E-state index contributed by atoms with van der Waals surface area (Å²) in [4.78, 5) is 17.1. The predicted octanol–water partition coefficient (Wildman–Crippen LogP) is 1.51. The van der Waals surface area contributed by atoms with Gasteiger partial charge in [0.2, 0.25) is 5.91 Å². The maximum Gasteiger partial charge on any atom is 0.239 e. The van der Waals surface area contributed by atoms with Crippen LogP contribution in [-0.2, 0) is 14.3 Å². The number of ether oxygens (including phenoxy) is 2. The molecule has 0 aliphatic carbocycles. The third-order valence-corrected chi connectivity index (χ3v) is 4.70. The highest BCUT2D eigenvalue weighted by Crippen LogP contribution is 2.21. The van der Waals surface area contributed by atoms with E-state index in [-0.39, 0.29) is 12.1 Å². The summed E-state index contributed by atoms with van der Waals surface area (Å²) in [5, 5.41) is 0. The van der Waals surface area contributed by atoms with Crippen molar-refractivity contribution in [2.75, 3.05) is 46.5 Å². The molecule has 2 heterocycles. The minimum absolute atomic E-state index is 0.120. The Balaban J connectivity index is 1.77. The molecule has 1 atom stereocenters. The third-order valence-electron chi connectivity index (χ3n) is 4.70. The number of carbonyl (C=O) groups excluding carboxylic acids is 1. The number of carbonyl (C=O) groups is 1. The van der Waals surface area contributed by atoms with Gasteiger partial charge in [0.15, 0.2) is 0 Å². The van der Waals surface area contributed by atoms with Gasteiger partial charge in [0.25, 0.3) is 0 Å². The van der Waals surface area contributed by atoms with E-state index in [1.807, 2.05) is 0 Å². The van der Waals surface area contributed by atoms with Gasteiger partial charge >= 0.3 is 0 Å². The Morgan fingerprint density at radius 2 is 1.86 bits per heavy atom. The monoisotopic (exact) mass is 298 g/mol. The van der Waals surface area contributed by atoms with Crippen LogP contribution < -0.4 is 0 Å². The Hall–Kier alpha value is -0.650. The molecule has 122 valence electrons. The average molecular weight is 298 g/mol. The van der Waals surface area contributed by atoms with Gasteiger partial charge in [-0.05, 0) is 38.8 Å². The first kappa shape index (κ1) is 16.7. The minimum atomic E-state index is 0.120. The van der Waals surface area contributed by atoms with Gasteiger partial charge in [0.05, 0.1) is 25.4 Å². The number of likely N-dealkylation sites (N-methyl/N-ethyl adjacent to an activating group) is 1. The number of nitrogens with zero attached hydrogens (tertiary/aromatic N) is 2. The summed E-state index contributed by atoms with van der Waals surface area (Å²) in [6, 6.07) is 0.120. The Morgan fingerprint density at radius 1 is 1.10 bits per heavy atom. The number of amides is 1. The topological polar surface area (TPSA) is 42.0 Å². The van der Waals surface area contributed by atoms with Crippen LogP contribution in [0.2, 0.25) is 0 Å². The van der Waals surface area contributed by atoms with Crippen molar-refractivity contribution in [1.82, 2.24) is 9.80 Å². The Labute approximate surface area is 128 Å². The van der Waals surface area contributed by atoms with E-state index < -0.39 is 0 Å². The van der Waals surface area contributed by atoms with Gasteiger partial charge in [-0.2, -0.15) is 0 Å². The van der Waals surface area contributed by atoms with Crippen LogP contribution in [0, 0.1) is 0 Å². The molecular weight excluding hydrogens is 268 g/mol. The number of hydrogen-bond donors (Lipinski definition) is 0. The molecule has 0 radical (unpaired) electrons. The summed E-state index contributed by atoms with van der Waals surface area (Å²) >= 11 is 0. The van der Waals surface area contributed by atoms with Gasteiger partial charge in [0.1, 0.15) is 0 Å². The highest BCUT2D eigenvalue weighted by Gasteiger charge is 2.32. The molecule has 2 rings (SSSR count). The Morgan fingerprint density at radius 3 is 2.52 bits per heavy atom. The maximum absolute atomic E-state index is 12.7. The molecule has 5 nitrogen and oxygen atoms in total. The van der Waals surface area contributed by atoms with Crippen molar-refractivity contribution < 1.29 is 14.3 Å². The summed E-state index contributed by atoms with van der Waals surface area (Å²) in [6.45, 7) is 7.18. The number of hydrogen-bond acceptors (Lipinski definition) is 4. The molecule has 0 aromatic heterocycles. The van der Waals surface area contributed by atoms with Crippen molar-refractivity contribution in [1.29, 1.82) is 0 Å². The van der Waals surface area contributed by atoms with Crippen LogP contribution in [0.5, 0.6) is 0 Å². The lowest BCUT2D eigenvalue weighted by Crippen LogP contribution is -2.53. The Bertz CT molecular complexity index is 317. The van der Waals surface area contributed by atoms with E-state index in [4.69, 9.17) is 9.47 Å². The maximum atomic E-state index is 12.7. The van der Waals surface area contributed by atoms with Gasteiger partial charge in [0, 0.05) is 20.2 Å². The van der Waals surface area contributed by atoms with Gasteiger partial charge in [-0.15, -0.1) is 0 Å². The van der Waals surface area contributed by atoms with Crippen LogP contribution in [-0.4, -0.2) is 74.4 Å². The van der Waals surface area contributed by atoms with E-state index in [0.717, 1.165) is 45.4 Å². The van der Waals surface area contributed by atoms with E-state index in [9.17, 15) is 4.79 Å². The van der Waals surface area contributed by atoms with E-state index in [2.05, 4.69) is 16.7 Å². The van der Waals surface area contributed by atoms with Gasteiger partial charge in [-0.1, -0.05) is 13.3 Å². The fourth-order valence-electron chi connectivity index (χ4n) is 3.40.